The smallest absolute Gasteiger partial charge is 0.136 e. The molecule has 0 amide bonds. The molecule has 0 radical (unpaired) electrons. The highest BCUT2D eigenvalue weighted by molar-refractivity contribution is 5.81. The molecule has 3 atom stereocenters. The van der Waals surface area contributed by atoms with E-state index in [0.29, 0.717) is 18.1 Å². The number of hydrogen-bond donors (Lipinski definition) is 1. The number of aliphatic hydroxyl groups excluding tert-OH is 1. The Bertz CT molecular complexity index is 405. The minimum absolute atomic E-state index is 0.0721. The van der Waals surface area contributed by atoms with Gasteiger partial charge in [-0.05, 0) is 44.4 Å². The van der Waals surface area contributed by atoms with E-state index in [0.717, 1.165) is 44.9 Å². The summed E-state index contributed by atoms with van der Waals surface area (Å²) in [5.74, 6) is 3.70. The van der Waals surface area contributed by atoms with Gasteiger partial charge in [-0.15, -0.1) is 12.3 Å². The van der Waals surface area contributed by atoms with Crippen LogP contribution in [0.15, 0.2) is 0 Å². The van der Waals surface area contributed by atoms with Crippen LogP contribution in [-0.2, 0) is 4.79 Å². The van der Waals surface area contributed by atoms with E-state index in [2.05, 4.69) is 12.0 Å². The molecule has 2 aliphatic carbocycles. The predicted octanol–water partition coefficient (Wildman–Crippen LogP) is 4.00. The van der Waals surface area contributed by atoms with Crippen molar-refractivity contribution in [3.05, 3.63) is 0 Å². The van der Waals surface area contributed by atoms with Crippen LogP contribution in [0.4, 0.5) is 0 Å². The number of Topliss-reactive ketones (excluding diaryl/α,β-unsaturated/α-hetero) is 1. The standard InChI is InChI=1S/C10H16O.C9H13NO/c1-2-3-6-9-7-4-5-8-10(9)11;10-7-3-5-8-4-1-2-6-9(8)11/h1,9-11H,3-8H2;8H,1-6H2. The second kappa shape index (κ2) is 11.3. The van der Waals surface area contributed by atoms with Gasteiger partial charge in [-0.3, -0.25) is 4.79 Å². The number of aliphatic hydroxyl groups is 1. The molecule has 0 aromatic carbocycles. The van der Waals surface area contributed by atoms with E-state index in [9.17, 15) is 9.90 Å². The van der Waals surface area contributed by atoms with Crippen molar-refractivity contribution in [3.63, 3.8) is 0 Å². The number of hydrogen-bond acceptors (Lipinski definition) is 3. The number of carbonyl (C=O) groups is 1. The van der Waals surface area contributed by atoms with Gasteiger partial charge >= 0.3 is 0 Å². The van der Waals surface area contributed by atoms with Crippen molar-refractivity contribution in [2.75, 3.05) is 0 Å². The molecular formula is C19H29NO2. The van der Waals surface area contributed by atoms with Crippen molar-refractivity contribution in [2.24, 2.45) is 11.8 Å². The molecule has 0 aliphatic heterocycles. The van der Waals surface area contributed by atoms with Crippen LogP contribution < -0.4 is 0 Å². The summed E-state index contributed by atoms with van der Waals surface area (Å²) in [6.45, 7) is 0. The minimum atomic E-state index is -0.0721. The van der Waals surface area contributed by atoms with Gasteiger partial charge in [-0.25, -0.2) is 0 Å². The van der Waals surface area contributed by atoms with Crippen molar-refractivity contribution in [1.29, 1.82) is 5.26 Å². The fourth-order valence-electron chi connectivity index (χ4n) is 3.39. The maximum absolute atomic E-state index is 11.2. The fraction of sp³-hybridized carbons (Fsp3) is 0.789. The zero-order valence-electron chi connectivity index (χ0n) is 13.6. The van der Waals surface area contributed by atoms with E-state index in [1.165, 1.54) is 25.7 Å². The van der Waals surface area contributed by atoms with Crippen molar-refractivity contribution >= 4 is 5.78 Å². The number of ketones is 1. The summed E-state index contributed by atoms with van der Waals surface area (Å²) in [5.41, 5.74) is 0. The topological polar surface area (TPSA) is 61.1 Å². The zero-order valence-corrected chi connectivity index (χ0v) is 13.6. The van der Waals surface area contributed by atoms with Gasteiger partial charge in [-0.2, -0.15) is 5.26 Å². The largest absolute Gasteiger partial charge is 0.393 e. The van der Waals surface area contributed by atoms with Crippen molar-refractivity contribution < 1.29 is 9.90 Å². The number of rotatable bonds is 4. The second-order valence-corrected chi connectivity index (χ2v) is 6.46. The second-order valence-electron chi connectivity index (χ2n) is 6.46. The number of nitrogens with zero attached hydrogens (tertiary/aromatic N) is 1. The molecule has 0 spiro atoms. The molecular weight excluding hydrogens is 274 g/mol. The predicted molar refractivity (Wildman–Crippen MR) is 87.8 cm³/mol. The van der Waals surface area contributed by atoms with Gasteiger partial charge in [0.15, 0.2) is 0 Å². The number of terminal acetylenes is 1. The first-order chi connectivity index (χ1) is 10.7. The Balaban J connectivity index is 0.000000220. The lowest BCUT2D eigenvalue weighted by Crippen LogP contribution is -2.24. The molecule has 22 heavy (non-hydrogen) atoms. The highest BCUT2D eigenvalue weighted by atomic mass is 16.3. The Hall–Kier alpha value is -1.32. The van der Waals surface area contributed by atoms with Gasteiger partial charge in [-0.1, -0.05) is 19.3 Å². The van der Waals surface area contributed by atoms with Gasteiger partial charge in [0.1, 0.15) is 5.78 Å². The third kappa shape index (κ3) is 7.10. The highest BCUT2D eigenvalue weighted by Gasteiger charge is 2.22. The summed E-state index contributed by atoms with van der Waals surface area (Å²) in [5, 5.41) is 17.8. The third-order valence-corrected chi connectivity index (χ3v) is 4.81. The van der Waals surface area contributed by atoms with Crippen LogP contribution in [0.1, 0.15) is 77.0 Å². The normalized spacial score (nSPS) is 28.0. The van der Waals surface area contributed by atoms with Crippen LogP contribution in [0.3, 0.4) is 0 Å². The number of nitriles is 1. The maximum atomic E-state index is 11.2. The van der Waals surface area contributed by atoms with Crippen LogP contribution in [0.2, 0.25) is 0 Å². The van der Waals surface area contributed by atoms with Crippen LogP contribution in [0, 0.1) is 35.5 Å². The van der Waals surface area contributed by atoms with E-state index in [1.54, 1.807) is 0 Å². The lowest BCUT2D eigenvalue weighted by Gasteiger charge is -2.26. The molecule has 3 heteroatoms. The Morgan fingerprint density at radius 3 is 2.45 bits per heavy atom. The molecule has 2 rings (SSSR count). The molecule has 0 aromatic heterocycles. The Morgan fingerprint density at radius 1 is 1.09 bits per heavy atom. The summed E-state index contributed by atoms with van der Waals surface area (Å²) in [4.78, 5) is 11.2. The van der Waals surface area contributed by atoms with Crippen LogP contribution >= 0.6 is 0 Å². The molecule has 0 bridgehead atoms. The first-order valence-corrected chi connectivity index (χ1v) is 8.70. The van der Waals surface area contributed by atoms with Crippen LogP contribution in [-0.4, -0.2) is 17.0 Å². The maximum Gasteiger partial charge on any atom is 0.136 e. The van der Waals surface area contributed by atoms with Crippen molar-refractivity contribution in [2.45, 2.75) is 83.2 Å². The molecule has 2 fully saturated rings. The van der Waals surface area contributed by atoms with Gasteiger partial charge in [0, 0.05) is 25.2 Å². The highest BCUT2D eigenvalue weighted by Crippen LogP contribution is 2.27. The molecule has 122 valence electrons. The minimum Gasteiger partial charge on any atom is -0.393 e. The lowest BCUT2D eigenvalue weighted by molar-refractivity contribution is -0.124. The van der Waals surface area contributed by atoms with Gasteiger partial charge in [0.25, 0.3) is 0 Å². The van der Waals surface area contributed by atoms with Gasteiger partial charge in [0.2, 0.25) is 0 Å². The Labute approximate surface area is 135 Å². The first kappa shape index (κ1) is 18.7. The van der Waals surface area contributed by atoms with E-state index < -0.39 is 0 Å². The molecule has 2 saturated carbocycles. The SMILES string of the molecule is C#CCCC1CCCCC1O.N#CCCC1CCCCC1=O. The molecule has 3 nitrogen and oxygen atoms in total. The monoisotopic (exact) mass is 303 g/mol. The van der Waals surface area contributed by atoms with Crippen LogP contribution in [0.25, 0.3) is 0 Å². The first-order valence-electron chi connectivity index (χ1n) is 8.70. The van der Waals surface area contributed by atoms with E-state index in [-0.39, 0.29) is 12.0 Å². The molecule has 0 saturated heterocycles. The van der Waals surface area contributed by atoms with E-state index in [1.807, 2.05) is 0 Å². The fourth-order valence-corrected chi connectivity index (χ4v) is 3.39. The van der Waals surface area contributed by atoms with Crippen molar-refractivity contribution in [3.8, 4) is 18.4 Å². The molecule has 0 heterocycles. The third-order valence-electron chi connectivity index (χ3n) is 4.81. The van der Waals surface area contributed by atoms with Gasteiger partial charge in [0.05, 0.1) is 12.2 Å². The number of carbonyl (C=O) groups excluding carboxylic acids is 1. The summed E-state index contributed by atoms with van der Waals surface area (Å²) >= 11 is 0. The Kier molecular flexibility index (Phi) is 9.60. The molecule has 3 unspecified atom stereocenters. The zero-order chi connectivity index (χ0) is 16.2. The van der Waals surface area contributed by atoms with E-state index >= 15 is 0 Å². The summed E-state index contributed by atoms with van der Waals surface area (Å²) in [7, 11) is 0. The van der Waals surface area contributed by atoms with Crippen molar-refractivity contribution in [1.82, 2.24) is 0 Å². The molecule has 1 N–H and O–H groups in total. The Morgan fingerprint density at radius 2 is 1.82 bits per heavy atom. The summed E-state index contributed by atoms with van der Waals surface area (Å²) in [6.07, 6.45) is 16.8. The van der Waals surface area contributed by atoms with E-state index in [4.69, 9.17) is 11.7 Å². The molecule has 2 aliphatic rings. The van der Waals surface area contributed by atoms with Crippen LogP contribution in [0.5, 0.6) is 0 Å². The average molecular weight is 303 g/mol. The quantitative estimate of drug-likeness (QED) is 0.798. The summed E-state index contributed by atoms with van der Waals surface area (Å²) < 4.78 is 0. The average Bonchev–Trinajstić information content (AvgIpc) is 2.54. The van der Waals surface area contributed by atoms with Gasteiger partial charge < -0.3 is 5.11 Å². The lowest BCUT2D eigenvalue weighted by atomic mass is 9.84. The molecule has 0 aromatic rings. The summed E-state index contributed by atoms with van der Waals surface area (Å²) in [6, 6.07) is 2.08.